The van der Waals surface area contributed by atoms with Gasteiger partial charge in [0, 0.05) is 30.7 Å². The second-order valence-corrected chi connectivity index (χ2v) is 5.08. The Hall–Kier alpha value is -1.41. The zero-order valence-electron chi connectivity index (χ0n) is 12.4. The zero-order chi connectivity index (χ0) is 15.9. The van der Waals surface area contributed by atoms with E-state index in [1.807, 2.05) is 12.1 Å². The lowest BCUT2D eigenvalue weighted by Gasteiger charge is -2.12. The number of halogens is 4. The van der Waals surface area contributed by atoms with E-state index < -0.39 is 11.6 Å². The number of nitrogens with one attached hydrogen (secondary N) is 2. The summed E-state index contributed by atoms with van der Waals surface area (Å²) in [6.45, 7) is 0.687. The molecule has 2 aromatic rings. The van der Waals surface area contributed by atoms with Crippen LogP contribution in [0.5, 0.6) is 0 Å². The van der Waals surface area contributed by atoms with Crippen LogP contribution < -0.4 is 10.6 Å². The van der Waals surface area contributed by atoms with Gasteiger partial charge in [-0.2, -0.15) is 0 Å². The minimum absolute atomic E-state index is 0. The van der Waals surface area contributed by atoms with Crippen molar-refractivity contribution in [1.29, 1.82) is 0 Å². The van der Waals surface area contributed by atoms with Gasteiger partial charge < -0.3 is 10.6 Å². The van der Waals surface area contributed by atoms with E-state index in [0.29, 0.717) is 17.5 Å². The molecule has 0 saturated heterocycles. The van der Waals surface area contributed by atoms with Crippen molar-refractivity contribution in [1.82, 2.24) is 10.6 Å². The summed E-state index contributed by atoms with van der Waals surface area (Å²) in [6, 6.07) is 10.8. The second-order valence-electron chi connectivity index (χ2n) is 4.64. The van der Waals surface area contributed by atoms with E-state index in [1.54, 1.807) is 19.2 Å². The van der Waals surface area contributed by atoms with E-state index in [4.69, 9.17) is 11.6 Å². The molecule has 0 heterocycles. The molecule has 0 radical (unpaired) electrons. The summed E-state index contributed by atoms with van der Waals surface area (Å²) in [7, 11) is 1.61. The van der Waals surface area contributed by atoms with Gasteiger partial charge in [-0.3, -0.25) is 4.99 Å². The highest BCUT2D eigenvalue weighted by molar-refractivity contribution is 14.0. The van der Waals surface area contributed by atoms with Gasteiger partial charge in [-0.05, 0) is 35.9 Å². The molecule has 0 bridgehead atoms. The normalized spacial score (nSPS) is 10.9. The van der Waals surface area contributed by atoms with Crippen LogP contribution in [0.3, 0.4) is 0 Å². The van der Waals surface area contributed by atoms with Crippen LogP contribution >= 0.6 is 35.6 Å². The molecule has 0 fully saturated rings. The number of guanidine groups is 1. The number of benzene rings is 2. The Labute approximate surface area is 156 Å². The fourth-order valence-corrected chi connectivity index (χ4v) is 1.99. The van der Waals surface area contributed by atoms with E-state index in [1.165, 1.54) is 0 Å². The van der Waals surface area contributed by atoms with Crippen molar-refractivity contribution in [2.24, 2.45) is 4.99 Å². The first-order valence-corrected chi connectivity index (χ1v) is 7.09. The molecule has 0 aliphatic heterocycles. The first kappa shape index (κ1) is 19.6. The first-order valence-electron chi connectivity index (χ1n) is 6.71. The lowest BCUT2D eigenvalue weighted by Crippen LogP contribution is -2.36. The average molecular weight is 452 g/mol. The van der Waals surface area contributed by atoms with Crippen LogP contribution in [0.15, 0.2) is 47.5 Å². The molecule has 0 unspecified atom stereocenters. The molecule has 2 N–H and O–H groups in total. The Morgan fingerprint density at radius 3 is 2.35 bits per heavy atom. The van der Waals surface area contributed by atoms with Crippen LogP contribution in [0.2, 0.25) is 5.02 Å². The molecule has 0 atom stereocenters. The third-order valence-corrected chi connectivity index (χ3v) is 3.30. The predicted octanol–water partition coefficient (Wildman–Crippen LogP) is 4.10. The number of hydrogen-bond acceptors (Lipinski definition) is 1. The van der Waals surface area contributed by atoms with Crippen LogP contribution in [0.25, 0.3) is 0 Å². The van der Waals surface area contributed by atoms with Gasteiger partial charge in [0.15, 0.2) is 5.96 Å². The summed E-state index contributed by atoms with van der Waals surface area (Å²) in [4.78, 5) is 4.04. The van der Waals surface area contributed by atoms with Gasteiger partial charge in [0.2, 0.25) is 0 Å². The summed E-state index contributed by atoms with van der Waals surface area (Å²) in [6.07, 6.45) is 0. The minimum Gasteiger partial charge on any atom is -0.352 e. The van der Waals surface area contributed by atoms with Gasteiger partial charge in [0.1, 0.15) is 11.6 Å². The molecule has 0 amide bonds. The molecule has 23 heavy (non-hydrogen) atoms. The predicted molar refractivity (Wildman–Crippen MR) is 100 cm³/mol. The monoisotopic (exact) mass is 451 g/mol. The first-order chi connectivity index (χ1) is 10.6. The molecule has 2 rings (SSSR count). The Kier molecular flexibility index (Phi) is 8.25. The number of aliphatic imine (C=N–C) groups is 1. The van der Waals surface area contributed by atoms with Crippen molar-refractivity contribution in [2.75, 3.05) is 7.05 Å². The van der Waals surface area contributed by atoms with Gasteiger partial charge in [-0.25, -0.2) is 8.78 Å². The topological polar surface area (TPSA) is 36.4 Å². The molecular formula is C16H17ClF2IN3. The maximum Gasteiger partial charge on any atom is 0.191 e. The molecule has 124 valence electrons. The van der Waals surface area contributed by atoms with Crippen LogP contribution in [0.4, 0.5) is 8.78 Å². The van der Waals surface area contributed by atoms with Crippen molar-refractivity contribution < 1.29 is 8.78 Å². The van der Waals surface area contributed by atoms with Crippen molar-refractivity contribution in [3.8, 4) is 0 Å². The molecule has 2 aromatic carbocycles. The summed E-state index contributed by atoms with van der Waals surface area (Å²) < 4.78 is 26.6. The van der Waals surface area contributed by atoms with Crippen molar-refractivity contribution in [3.05, 3.63) is 70.2 Å². The Morgan fingerprint density at radius 2 is 1.70 bits per heavy atom. The quantitative estimate of drug-likeness (QED) is 0.417. The molecule has 0 aliphatic rings. The lowest BCUT2D eigenvalue weighted by atomic mass is 10.2. The van der Waals surface area contributed by atoms with E-state index in [0.717, 1.165) is 23.8 Å². The fraction of sp³-hybridized carbons (Fsp3) is 0.188. The van der Waals surface area contributed by atoms with Gasteiger partial charge in [0.05, 0.1) is 0 Å². The van der Waals surface area contributed by atoms with E-state index >= 15 is 0 Å². The Morgan fingerprint density at radius 1 is 1.04 bits per heavy atom. The van der Waals surface area contributed by atoms with Crippen molar-refractivity contribution in [2.45, 2.75) is 13.1 Å². The Balaban J connectivity index is 0.00000264. The van der Waals surface area contributed by atoms with Gasteiger partial charge in [-0.15, -0.1) is 24.0 Å². The van der Waals surface area contributed by atoms with Crippen LogP contribution in [0, 0.1) is 11.6 Å². The number of nitrogens with zero attached hydrogens (tertiary/aromatic N) is 1. The third-order valence-electron chi connectivity index (χ3n) is 3.05. The van der Waals surface area contributed by atoms with Crippen LogP contribution in [0.1, 0.15) is 11.1 Å². The maximum absolute atomic E-state index is 13.5. The molecular weight excluding hydrogens is 435 g/mol. The van der Waals surface area contributed by atoms with Crippen LogP contribution in [-0.4, -0.2) is 13.0 Å². The second kappa shape index (κ2) is 9.67. The third kappa shape index (κ3) is 6.31. The average Bonchev–Trinajstić information content (AvgIpc) is 2.52. The fourth-order valence-electron chi connectivity index (χ4n) is 1.87. The molecule has 7 heteroatoms. The van der Waals surface area contributed by atoms with E-state index in [9.17, 15) is 8.78 Å². The molecule has 0 aromatic heterocycles. The highest BCUT2D eigenvalue weighted by Crippen LogP contribution is 2.10. The minimum atomic E-state index is -0.470. The largest absolute Gasteiger partial charge is 0.352 e. The number of hydrogen-bond donors (Lipinski definition) is 2. The lowest BCUT2D eigenvalue weighted by molar-refractivity contribution is 0.581. The zero-order valence-corrected chi connectivity index (χ0v) is 15.5. The van der Waals surface area contributed by atoms with E-state index in [-0.39, 0.29) is 36.1 Å². The van der Waals surface area contributed by atoms with Crippen LogP contribution in [-0.2, 0) is 13.1 Å². The molecule has 0 spiro atoms. The molecule has 0 saturated carbocycles. The van der Waals surface area contributed by atoms with Gasteiger partial charge >= 0.3 is 0 Å². The summed E-state index contributed by atoms with van der Waals surface area (Å²) in [5.74, 6) is -0.428. The van der Waals surface area contributed by atoms with Crippen molar-refractivity contribution in [3.63, 3.8) is 0 Å². The van der Waals surface area contributed by atoms with Crippen molar-refractivity contribution >= 4 is 41.5 Å². The number of rotatable bonds is 4. The molecule has 0 aliphatic carbocycles. The van der Waals surface area contributed by atoms with Gasteiger partial charge in [-0.1, -0.05) is 23.7 Å². The SMILES string of the molecule is CN=C(NCc1ccc(Cl)cc1)NCc1cc(F)ccc1F.I. The highest BCUT2D eigenvalue weighted by atomic mass is 127. The molecule has 3 nitrogen and oxygen atoms in total. The smallest absolute Gasteiger partial charge is 0.191 e. The standard InChI is InChI=1S/C16H16ClF2N3.HI/c1-20-16(21-9-11-2-4-13(17)5-3-11)22-10-12-8-14(18)6-7-15(12)19;/h2-8H,9-10H2,1H3,(H2,20,21,22);1H. The summed E-state index contributed by atoms with van der Waals surface area (Å²) in [5.41, 5.74) is 1.28. The summed E-state index contributed by atoms with van der Waals surface area (Å²) >= 11 is 5.82. The van der Waals surface area contributed by atoms with Gasteiger partial charge in [0.25, 0.3) is 0 Å². The van der Waals surface area contributed by atoms with E-state index in [2.05, 4.69) is 15.6 Å². The Bertz CT molecular complexity index is 663. The highest BCUT2D eigenvalue weighted by Gasteiger charge is 2.05. The maximum atomic E-state index is 13.5. The summed E-state index contributed by atoms with van der Waals surface area (Å²) in [5, 5.41) is 6.70.